The summed E-state index contributed by atoms with van der Waals surface area (Å²) in [5.74, 6) is 1.47. The molecule has 1 saturated heterocycles. The third kappa shape index (κ3) is 7.87. The minimum Gasteiger partial charge on any atom is -0.455 e. The fourth-order valence-corrected chi connectivity index (χ4v) is 6.11. The number of rotatable bonds is 12. The molecule has 2 aliphatic rings. The predicted molar refractivity (Wildman–Crippen MR) is 173 cm³/mol. The van der Waals surface area contributed by atoms with E-state index in [1.807, 2.05) is 48.3 Å². The number of nitrogens with one attached hydrogen (secondary N) is 1. The first-order chi connectivity index (χ1) is 20.4. The van der Waals surface area contributed by atoms with Crippen LogP contribution in [-0.4, -0.2) is 68.1 Å². The fraction of sp³-hybridized carbons (Fsp3) is 0.400. The zero-order chi connectivity index (χ0) is 29.5. The summed E-state index contributed by atoms with van der Waals surface area (Å²) in [6.45, 7) is 11.3. The Morgan fingerprint density at radius 3 is 2.55 bits per heavy atom. The average molecular weight is 587 g/mol. The third-order valence-corrected chi connectivity index (χ3v) is 8.72. The molecule has 1 N–H and O–H groups in total. The van der Waals surface area contributed by atoms with Crippen molar-refractivity contribution in [1.29, 1.82) is 0 Å². The number of likely N-dealkylation sites (tertiary alicyclic amines) is 1. The van der Waals surface area contributed by atoms with E-state index in [0.29, 0.717) is 23.1 Å². The van der Waals surface area contributed by atoms with Crippen molar-refractivity contribution in [1.82, 2.24) is 15.1 Å². The Labute approximate surface area is 255 Å². The van der Waals surface area contributed by atoms with Gasteiger partial charge in [0.25, 0.3) is 0 Å². The number of amides is 1. The highest BCUT2D eigenvalue weighted by Crippen LogP contribution is 2.34. The van der Waals surface area contributed by atoms with Crippen LogP contribution in [0.5, 0.6) is 11.5 Å². The number of fused-ring (bicyclic) bond motifs is 1. The molecule has 3 aromatic rings. The molecule has 0 aromatic heterocycles. The van der Waals surface area contributed by atoms with Crippen LogP contribution < -0.4 is 15.0 Å². The molecule has 1 heterocycles. The number of carbonyl (C=O) groups excluding carboxylic acids is 1. The van der Waals surface area contributed by atoms with Gasteiger partial charge >= 0.3 is 0 Å². The Hall–Kier alpha value is -3.48. The monoisotopic (exact) mass is 586 g/mol. The van der Waals surface area contributed by atoms with E-state index in [-0.39, 0.29) is 18.5 Å². The Bertz CT molecular complexity index is 1370. The van der Waals surface area contributed by atoms with Crippen molar-refractivity contribution in [2.45, 2.75) is 45.1 Å². The number of ether oxygens (including phenoxy) is 1. The molecule has 0 saturated carbocycles. The summed E-state index contributed by atoms with van der Waals surface area (Å²) in [7, 11) is 1.95. The maximum absolute atomic E-state index is 13.9. The molecule has 0 bridgehead atoms. The van der Waals surface area contributed by atoms with Gasteiger partial charge in [0.15, 0.2) is 5.75 Å². The first kappa shape index (κ1) is 30.0. The quantitative estimate of drug-likeness (QED) is 0.264. The van der Waals surface area contributed by atoms with Crippen LogP contribution in [0.1, 0.15) is 36.0 Å². The lowest BCUT2D eigenvalue weighted by Crippen LogP contribution is -2.46. The molecule has 6 nitrogen and oxygen atoms in total. The highest BCUT2D eigenvalue weighted by Gasteiger charge is 2.27. The van der Waals surface area contributed by atoms with E-state index in [9.17, 15) is 4.79 Å². The number of aryl methyl sites for hydroxylation is 2. The van der Waals surface area contributed by atoms with Crippen LogP contribution in [0.2, 0.25) is 5.02 Å². The number of likely N-dealkylation sites (N-methyl/N-ethyl adjacent to an activating group) is 1. The van der Waals surface area contributed by atoms with Gasteiger partial charge in [0.05, 0.1) is 18.8 Å². The lowest BCUT2D eigenvalue weighted by atomic mass is 9.87. The summed E-state index contributed by atoms with van der Waals surface area (Å²) in [6.07, 6.45) is 5.41. The second-order valence-electron chi connectivity index (χ2n) is 11.6. The van der Waals surface area contributed by atoms with E-state index in [4.69, 9.17) is 16.3 Å². The van der Waals surface area contributed by atoms with Crippen molar-refractivity contribution in [2.75, 3.05) is 51.2 Å². The summed E-state index contributed by atoms with van der Waals surface area (Å²) >= 11 is 6.11. The molecule has 1 aliphatic heterocycles. The van der Waals surface area contributed by atoms with Gasteiger partial charge in [-0.15, -0.1) is 0 Å². The zero-order valence-electron chi connectivity index (χ0n) is 24.9. The van der Waals surface area contributed by atoms with Gasteiger partial charge in [0.1, 0.15) is 5.75 Å². The fourth-order valence-electron chi connectivity index (χ4n) is 5.99. The van der Waals surface area contributed by atoms with E-state index in [2.05, 4.69) is 59.0 Å². The second-order valence-corrected chi connectivity index (χ2v) is 12.1. The van der Waals surface area contributed by atoms with Crippen LogP contribution in [0.3, 0.4) is 0 Å². The number of carbonyl (C=O) groups is 1. The number of benzene rings is 3. The van der Waals surface area contributed by atoms with E-state index >= 15 is 0 Å². The number of nitrogens with zero attached hydrogens (tertiary/aromatic N) is 3. The molecule has 1 unspecified atom stereocenters. The van der Waals surface area contributed by atoms with E-state index in [0.717, 1.165) is 49.3 Å². The van der Waals surface area contributed by atoms with Gasteiger partial charge in [-0.1, -0.05) is 48.5 Å². The van der Waals surface area contributed by atoms with Crippen molar-refractivity contribution in [3.63, 3.8) is 0 Å². The molecular formula is C35H43ClN4O2. The lowest BCUT2D eigenvalue weighted by Gasteiger charge is -2.35. The van der Waals surface area contributed by atoms with Gasteiger partial charge in [0, 0.05) is 36.9 Å². The molecule has 42 heavy (non-hydrogen) atoms. The van der Waals surface area contributed by atoms with Crippen LogP contribution >= 0.6 is 11.6 Å². The van der Waals surface area contributed by atoms with Crippen LogP contribution in [0.25, 0.3) is 0 Å². The van der Waals surface area contributed by atoms with Gasteiger partial charge in [-0.25, -0.2) is 0 Å². The number of hydrogen-bond acceptors (Lipinski definition) is 5. The molecule has 1 fully saturated rings. The van der Waals surface area contributed by atoms with Gasteiger partial charge in [0.2, 0.25) is 5.91 Å². The summed E-state index contributed by atoms with van der Waals surface area (Å²) in [4.78, 5) is 20.4. The average Bonchev–Trinajstić information content (AvgIpc) is 3.52. The number of halogens is 1. The highest BCUT2D eigenvalue weighted by atomic mass is 35.5. The van der Waals surface area contributed by atoms with Gasteiger partial charge in [-0.2, -0.15) is 0 Å². The molecule has 222 valence electrons. The van der Waals surface area contributed by atoms with Crippen molar-refractivity contribution < 1.29 is 9.53 Å². The Kier molecular flexibility index (Phi) is 10.1. The maximum atomic E-state index is 13.9. The Morgan fingerprint density at radius 2 is 1.79 bits per heavy atom. The summed E-state index contributed by atoms with van der Waals surface area (Å²) in [5.41, 5.74) is 5.59. The lowest BCUT2D eigenvalue weighted by molar-refractivity contribution is -0.130. The SMILES string of the molecule is C=C(CN(CC(=O)N(C)C1CCc2ccccc2C1)c1cc(C)ccc1Oc1ccc(Cl)cc1)NCCN1CCCC1. The standard InChI is InChI=1S/C35H43ClN4O2/c1-26-10-17-34(42-32-15-12-30(36)13-16-32)33(22-26)40(24-27(2)37-18-21-39-19-6-7-20-39)25-35(41)38(3)31-14-11-28-8-4-5-9-29(28)23-31/h4-5,8-10,12-13,15-17,22,31,37H,2,6-7,11,14,18-21,23-25H2,1,3H3. The summed E-state index contributed by atoms with van der Waals surface area (Å²) in [5, 5.41) is 4.17. The molecule has 1 aliphatic carbocycles. The van der Waals surface area contributed by atoms with Crippen LogP contribution in [-0.2, 0) is 17.6 Å². The Balaban J connectivity index is 1.33. The minimum atomic E-state index is 0.0863. The third-order valence-electron chi connectivity index (χ3n) is 8.47. The van der Waals surface area contributed by atoms with E-state index < -0.39 is 0 Å². The normalized spacial score (nSPS) is 16.5. The first-order valence-corrected chi connectivity index (χ1v) is 15.5. The van der Waals surface area contributed by atoms with Crippen molar-refractivity contribution in [3.05, 3.63) is 101 Å². The summed E-state index contributed by atoms with van der Waals surface area (Å²) < 4.78 is 6.35. The van der Waals surface area contributed by atoms with Gasteiger partial charge in [-0.05, 0) is 105 Å². The smallest absolute Gasteiger partial charge is 0.242 e. The van der Waals surface area contributed by atoms with E-state index in [1.54, 1.807) is 0 Å². The minimum absolute atomic E-state index is 0.0863. The molecule has 0 radical (unpaired) electrons. The summed E-state index contributed by atoms with van der Waals surface area (Å²) in [6, 6.07) is 22.2. The molecule has 0 spiro atoms. The van der Waals surface area contributed by atoms with Crippen molar-refractivity contribution >= 4 is 23.2 Å². The van der Waals surface area contributed by atoms with Crippen molar-refractivity contribution in [2.24, 2.45) is 0 Å². The molecule has 5 rings (SSSR count). The largest absolute Gasteiger partial charge is 0.455 e. The Morgan fingerprint density at radius 1 is 1.05 bits per heavy atom. The predicted octanol–water partition coefficient (Wildman–Crippen LogP) is 6.46. The zero-order valence-corrected chi connectivity index (χ0v) is 25.7. The first-order valence-electron chi connectivity index (χ1n) is 15.1. The van der Waals surface area contributed by atoms with E-state index in [1.165, 1.54) is 37.1 Å². The van der Waals surface area contributed by atoms with Crippen LogP contribution in [0.15, 0.2) is 79.0 Å². The van der Waals surface area contributed by atoms with Gasteiger partial charge < -0.3 is 24.8 Å². The van der Waals surface area contributed by atoms with Crippen LogP contribution in [0, 0.1) is 6.92 Å². The maximum Gasteiger partial charge on any atom is 0.242 e. The topological polar surface area (TPSA) is 48.1 Å². The molecular weight excluding hydrogens is 544 g/mol. The molecule has 1 amide bonds. The second kappa shape index (κ2) is 14.1. The van der Waals surface area contributed by atoms with Crippen molar-refractivity contribution in [3.8, 4) is 11.5 Å². The molecule has 1 atom stereocenters. The van der Waals surface area contributed by atoms with Gasteiger partial charge in [-0.3, -0.25) is 4.79 Å². The highest BCUT2D eigenvalue weighted by molar-refractivity contribution is 6.30. The number of hydrogen-bond donors (Lipinski definition) is 1. The van der Waals surface area contributed by atoms with Crippen LogP contribution in [0.4, 0.5) is 5.69 Å². The molecule has 3 aromatic carbocycles. The number of anilines is 1. The molecule has 7 heteroatoms.